The number of benzene rings is 3. The Morgan fingerprint density at radius 3 is 2.36 bits per heavy atom. The summed E-state index contributed by atoms with van der Waals surface area (Å²) in [6, 6.07) is 18.1. The van der Waals surface area contributed by atoms with Crippen LogP contribution in [0.1, 0.15) is 29.7 Å². The van der Waals surface area contributed by atoms with E-state index in [2.05, 4.69) is 0 Å². The number of hydrogen-bond donors (Lipinski definition) is 1. The van der Waals surface area contributed by atoms with Gasteiger partial charge in [0.15, 0.2) is 0 Å². The third-order valence-electron chi connectivity index (χ3n) is 5.42. The van der Waals surface area contributed by atoms with Gasteiger partial charge in [-0.25, -0.2) is 0 Å². The first kappa shape index (κ1) is 22.9. The lowest BCUT2D eigenvalue weighted by atomic mass is 9.94. The molecule has 1 saturated heterocycles. The van der Waals surface area contributed by atoms with E-state index in [4.69, 9.17) is 27.9 Å². The predicted octanol–water partition coefficient (Wildman–Crippen LogP) is 6.33. The first-order chi connectivity index (χ1) is 15.8. The van der Waals surface area contributed by atoms with Gasteiger partial charge in [0.05, 0.1) is 28.3 Å². The lowest BCUT2D eigenvalue weighted by Gasteiger charge is -2.26. The molecule has 0 bridgehead atoms. The molecule has 1 aliphatic rings. The number of nitrogens with zero attached hydrogens (tertiary/aromatic N) is 1. The number of carbonyl (C=O) groups excluding carboxylic acids is 2. The largest absolute Gasteiger partial charge is 0.507 e. The fourth-order valence-corrected chi connectivity index (χ4v) is 4.21. The van der Waals surface area contributed by atoms with E-state index in [-0.39, 0.29) is 16.4 Å². The van der Waals surface area contributed by atoms with E-state index in [0.29, 0.717) is 34.2 Å². The molecule has 3 aromatic rings. The molecule has 5 nitrogen and oxygen atoms in total. The number of ether oxygens (including phenoxy) is 1. The summed E-state index contributed by atoms with van der Waals surface area (Å²) in [4.78, 5) is 27.7. The van der Waals surface area contributed by atoms with E-state index in [1.165, 1.54) is 11.0 Å². The number of Topliss-reactive ketones (excluding diaryl/α,β-unsaturated/α-hetero) is 1. The molecule has 1 aliphatic heterocycles. The van der Waals surface area contributed by atoms with Crippen LogP contribution in [-0.4, -0.2) is 23.4 Å². The second kappa shape index (κ2) is 9.30. The Kier molecular flexibility index (Phi) is 6.45. The van der Waals surface area contributed by atoms with E-state index < -0.39 is 17.7 Å². The highest BCUT2D eigenvalue weighted by atomic mass is 35.5. The average molecular weight is 482 g/mol. The van der Waals surface area contributed by atoms with Crippen LogP contribution in [-0.2, 0) is 9.59 Å². The fourth-order valence-electron chi connectivity index (χ4n) is 3.92. The molecule has 1 heterocycles. The van der Waals surface area contributed by atoms with E-state index in [9.17, 15) is 14.7 Å². The van der Waals surface area contributed by atoms with Gasteiger partial charge in [-0.3, -0.25) is 14.5 Å². The van der Waals surface area contributed by atoms with Crippen LogP contribution in [0.5, 0.6) is 5.75 Å². The van der Waals surface area contributed by atoms with Crippen molar-refractivity contribution in [3.05, 3.63) is 99.0 Å². The van der Waals surface area contributed by atoms with E-state index in [1.54, 1.807) is 36.4 Å². The molecule has 33 heavy (non-hydrogen) atoms. The number of rotatable bonds is 5. The topological polar surface area (TPSA) is 66.8 Å². The van der Waals surface area contributed by atoms with Crippen LogP contribution in [0, 0.1) is 6.92 Å². The maximum absolute atomic E-state index is 13.2. The summed E-state index contributed by atoms with van der Waals surface area (Å²) in [5, 5.41) is 11.8. The number of carbonyl (C=O) groups is 2. The Labute approximate surface area is 201 Å². The zero-order valence-corrected chi connectivity index (χ0v) is 19.5. The van der Waals surface area contributed by atoms with Crippen molar-refractivity contribution in [1.82, 2.24) is 0 Å². The van der Waals surface area contributed by atoms with Crippen molar-refractivity contribution in [2.24, 2.45) is 0 Å². The highest BCUT2D eigenvalue weighted by molar-refractivity contribution is 6.52. The molecule has 0 radical (unpaired) electrons. The van der Waals surface area contributed by atoms with Crippen molar-refractivity contribution in [2.75, 3.05) is 11.5 Å². The van der Waals surface area contributed by atoms with Gasteiger partial charge in [0.2, 0.25) is 0 Å². The zero-order valence-electron chi connectivity index (χ0n) is 18.0. The number of aryl methyl sites for hydroxylation is 1. The molecule has 0 spiro atoms. The van der Waals surface area contributed by atoms with Crippen LogP contribution >= 0.6 is 23.2 Å². The molecule has 0 saturated carbocycles. The van der Waals surface area contributed by atoms with E-state index in [0.717, 1.165) is 5.56 Å². The van der Waals surface area contributed by atoms with Crippen LogP contribution in [0.25, 0.3) is 5.76 Å². The number of ketones is 1. The fraction of sp³-hybridized carbons (Fsp3) is 0.154. The van der Waals surface area contributed by atoms with Gasteiger partial charge in [-0.2, -0.15) is 0 Å². The molecule has 0 aromatic heterocycles. The minimum Gasteiger partial charge on any atom is -0.507 e. The van der Waals surface area contributed by atoms with Crippen LogP contribution in [0.2, 0.25) is 10.0 Å². The highest BCUT2D eigenvalue weighted by Gasteiger charge is 2.47. The number of halogens is 2. The second-order valence-corrected chi connectivity index (χ2v) is 8.45. The summed E-state index contributed by atoms with van der Waals surface area (Å²) in [6.45, 7) is 4.30. The monoisotopic (exact) mass is 481 g/mol. The summed E-state index contributed by atoms with van der Waals surface area (Å²) >= 11 is 12.3. The molecule has 1 unspecified atom stereocenters. The lowest BCUT2D eigenvalue weighted by molar-refractivity contribution is -0.132. The Balaban J connectivity index is 1.91. The standard InChI is InChI=1S/C26H21Cl2NO4/c1-3-33-19-10-7-16(8-11-19)24(30)22-23(17-6-4-5-15(2)13-17)29(26(32)25(22)31)18-9-12-20(27)21(28)14-18/h4-14,23,30H,3H2,1-2H3/b24-22+. The highest BCUT2D eigenvalue weighted by Crippen LogP contribution is 2.43. The van der Waals surface area contributed by atoms with E-state index in [1.807, 2.05) is 38.1 Å². The average Bonchev–Trinajstić information content (AvgIpc) is 3.06. The Bertz CT molecular complexity index is 1270. The van der Waals surface area contributed by atoms with Crippen LogP contribution in [0.3, 0.4) is 0 Å². The van der Waals surface area contributed by atoms with Gasteiger partial charge in [0.25, 0.3) is 11.7 Å². The summed E-state index contributed by atoms with van der Waals surface area (Å²) in [5.41, 5.74) is 2.45. The van der Waals surface area contributed by atoms with Crippen molar-refractivity contribution in [3.63, 3.8) is 0 Å². The molecule has 7 heteroatoms. The first-order valence-corrected chi connectivity index (χ1v) is 11.1. The number of amides is 1. The van der Waals surface area contributed by atoms with Gasteiger partial charge >= 0.3 is 0 Å². The van der Waals surface area contributed by atoms with Gasteiger partial charge in [0, 0.05) is 11.3 Å². The Hall–Kier alpha value is -3.28. The minimum absolute atomic E-state index is 0.000771. The number of hydrogen-bond acceptors (Lipinski definition) is 4. The normalized spacial score (nSPS) is 17.5. The molecule has 4 rings (SSSR count). The number of aliphatic hydroxyl groups excluding tert-OH is 1. The molecule has 3 aromatic carbocycles. The third kappa shape index (κ3) is 4.34. The van der Waals surface area contributed by atoms with Gasteiger partial charge in [-0.05, 0) is 61.9 Å². The van der Waals surface area contributed by atoms with Gasteiger partial charge in [-0.15, -0.1) is 0 Å². The van der Waals surface area contributed by atoms with Crippen LogP contribution in [0.4, 0.5) is 5.69 Å². The van der Waals surface area contributed by atoms with Crippen LogP contribution in [0.15, 0.2) is 72.3 Å². The molecule has 168 valence electrons. The van der Waals surface area contributed by atoms with Gasteiger partial charge < -0.3 is 9.84 Å². The molecule has 1 atom stereocenters. The third-order valence-corrected chi connectivity index (χ3v) is 6.16. The van der Waals surface area contributed by atoms with Crippen molar-refractivity contribution >= 4 is 46.3 Å². The Morgan fingerprint density at radius 1 is 1.00 bits per heavy atom. The molecule has 0 aliphatic carbocycles. The molecule has 1 fully saturated rings. The van der Waals surface area contributed by atoms with Gasteiger partial charge in [-0.1, -0.05) is 53.0 Å². The summed E-state index contributed by atoms with van der Waals surface area (Å²) in [6.07, 6.45) is 0. The number of aliphatic hydroxyl groups is 1. The zero-order chi connectivity index (χ0) is 23.7. The quantitative estimate of drug-likeness (QED) is 0.262. The maximum Gasteiger partial charge on any atom is 0.300 e. The molecule has 1 N–H and O–H groups in total. The minimum atomic E-state index is -0.839. The van der Waals surface area contributed by atoms with E-state index >= 15 is 0 Å². The summed E-state index contributed by atoms with van der Waals surface area (Å²) in [7, 11) is 0. The first-order valence-electron chi connectivity index (χ1n) is 10.4. The summed E-state index contributed by atoms with van der Waals surface area (Å²) < 4.78 is 5.45. The van der Waals surface area contributed by atoms with Gasteiger partial charge in [0.1, 0.15) is 11.5 Å². The molecular formula is C26H21Cl2NO4. The predicted molar refractivity (Wildman–Crippen MR) is 130 cm³/mol. The lowest BCUT2D eigenvalue weighted by Crippen LogP contribution is -2.29. The number of anilines is 1. The smallest absolute Gasteiger partial charge is 0.300 e. The van der Waals surface area contributed by atoms with Crippen molar-refractivity contribution < 1.29 is 19.4 Å². The molecule has 1 amide bonds. The summed E-state index contributed by atoms with van der Waals surface area (Å²) in [5.74, 6) is -1.16. The van der Waals surface area contributed by atoms with Crippen molar-refractivity contribution in [1.29, 1.82) is 0 Å². The Morgan fingerprint density at radius 2 is 1.73 bits per heavy atom. The molecular weight excluding hydrogens is 461 g/mol. The second-order valence-electron chi connectivity index (χ2n) is 7.64. The van der Waals surface area contributed by atoms with Crippen LogP contribution < -0.4 is 9.64 Å². The maximum atomic E-state index is 13.2. The van der Waals surface area contributed by atoms with Crippen molar-refractivity contribution in [3.8, 4) is 5.75 Å². The van der Waals surface area contributed by atoms with Crippen molar-refractivity contribution in [2.45, 2.75) is 19.9 Å². The SMILES string of the molecule is CCOc1ccc(/C(O)=C2\C(=O)C(=O)N(c3ccc(Cl)c(Cl)c3)C2c2cccc(C)c2)cc1.